The number of aromatic amines is 1. The van der Waals surface area contributed by atoms with Crippen molar-refractivity contribution in [2.75, 3.05) is 39.3 Å². The average molecular weight is 617 g/mol. The number of anilines is 2. The smallest absolute Gasteiger partial charge is 0.416 e. The van der Waals surface area contributed by atoms with E-state index in [9.17, 15) is 33.1 Å². The van der Waals surface area contributed by atoms with E-state index >= 15 is 0 Å². The lowest BCUT2D eigenvalue weighted by Crippen LogP contribution is -2.41. The molecule has 0 radical (unpaired) electrons. The number of benzene rings is 2. The number of ether oxygens (including phenoxy) is 1. The number of carbonyl (C=O) groups is 2. The quantitative estimate of drug-likeness (QED) is 0.219. The number of H-pyrrole nitrogens is 1. The first-order valence-electron chi connectivity index (χ1n) is 13.2. The molecule has 0 fully saturated rings. The number of rotatable bonds is 8. The maximum absolute atomic E-state index is 13.6. The molecule has 15 heteroatoms. The van der Waals surface area contributed by atoms with Crippen molar-refractivity contribution in [2.24, 2.45) is 0 Å². The first-order chi connectivity index (χ1) is 20.7. The number of nitriles is 1. The highest BCUT2D eigenvalue weighted by Gasteiger charge is 2.41. The number of hydrogen-bond donors (Lipinski definition) is 2. The Morgan fingerprint density at radius 2 is 1.95 bits per heavy atom. The van der Waals surface area contributed by atoms with Crippen LogP contribution in [0.3, 0.4) is 0 Å². The number of aromatic nitrogens is 3. The number of halogens is 3. The molecule has 2 N–H and O–H groups in total. The van der Waals surface area contributed by atoms with Gasteiger partial charge in [-0.25, -0.2) is 19.3 Å². The second kappa shape index (κ2) is 13.6. The molecule has 3 aromatic rings. The third kappa shape index (κ3) is 6.99. The first kappa shape index (κ1) is 33.6. The molecule has 2 heterocycles. The van der Waals surface area contributed by atoms with Crippen molar-refractivity contribution in [1.82, 2.24) is 14.8 Å². The summed E-state index contributed by atoms with van der Waals surface area (Å²) < 4.78 is 47.5. The van der Waals surface area contributed by atoms with E-state index in [2.05, 4.69) is 16.3 Å². The number of aliphatic hydroxyl groups is 1. The molecule has 234 valence electrons. The summed E-state index contributed by atoms with van der Waals surface area (Å²) in [5.74, 6) is -0.804. The fraction of sp³-hybridized carbons (Fsp3) is 0.345. The lowest BCUT2D eigenvalue weighted by atomic mass is 9.89. The van der Waals surface area contributed by atoms with Gasteiger partial charge in [-0.1, -0.05) is 12.1 Å². The van der Waals surface area contributed by atoms with E-state index < -0.39 is 35.9 Å². The minimum atomic E-state index is -4.62. The number of quaternary nitrogens is 1. The lowest BCUT2D eigenvalue weighted by molar-refractivity contribution is -0.903. The minimum Gasteiger partial charge on any atom is -0.554 e. The van der Waals surface area contributed by atoms with Crippen LogP contribution in [0.1, 0.15) is 41.6 Å². The van der Waals surface area contributed by atoms with Gasteiger partial charge >= 0.3 is 17.8 Å². The van der Waals surface area contributed by atoms with E-state index in [-0.39, 0.29) is 29.5 Å². The summed E-state index contributed by atoms with van der Waals surface area (Å²) in [6, 6.07) is 10.5. The molecule has 2 aromatic carbocycles. The highest BCUT2D eigenvalue weighted by molar-refractivity contribution is 5.93. The predicted molar refractivity (Wildman–Crippen MR) is 149 cm³/mol. The van der Waals surface area contributed by atoms with E-state index in [1.165, 1.54) is 28.7 Å². The maximum atomic E-state index is 13.6. The fourth-order valence-electron chi connectivity index (χ4n) is 5.20. The zero-order valence-corrected chi connectivity index (χ0v) is 24.4. The zero-order valence-electron chi connectivity index (χ0n) is 24.4. The van der Waals surface area contributed by atoms with Crippen molar-refractivity contribution < 1.29 is 42.2 Å². The van der Waals surface area contributed by atoms with Gasteiger partial charge in [-0.3, -0.25) is 4.90 Å². The van der Waals surface area contributed by atoms with Gasteiger partial charge in [0, 0.05) is 36.4 Å². The average Bonchev–Trinajstić information content (AvgIpc) is 3.35. The monoisotopic (exact) mass is 616 g/mol. The van der Waals surface area contributed by atoms with Crippen LogP contribution in [0.5, 0.6) is 0 Å². The Kier molecular flexibility index (Phi) is 10.4. The largest absolute Gasteiger partial charge is 0.554 e. The van der Waals surface area contributed by atoms with Crippen LogP contribution in [0, 0.1) is 11.3 Å². The van der Waals surface area contributed by atoms with Gasteiger partial charge in [-0.05, 0) is 42.8 Å². The number of nitrogens with zero attached hydrogens (tertiary/aromatic N) is 5. The number of fused-ring (bicyclic) bond motifs is 1. The summed E-state index contributed by atoms with van der Waals surface area (Å²) in [6.07, 6.45) is -4.09. The van der Waals surface area contributed by atoms with Crippen molar-refractivity contribution >= 4 is 24.1 Å². The molecule has 0 saturated heterocycles. The van der Waals surface area contributed by atoms with Gasteiger partial charge in [0.1, 0.15) is 12.6 Å². The second-order valence-electron chi connectivity index (χ2n) is 10.5. The van der Waals surface area contributed by atoms with E-state index in [0.717, 1.165) is 12.1 Å². The maximum Gasteiger partial charge on any atom is 0.416 e. The summed E-state index contributed by atoms with van der Waals surface area (Å²) in [5, 5.41) is 33.7. The summed E-state index contributed by atoms with van der Waals surface area (Å²) >= 11 is 0. The molecule has 1 aromatic heterocycles. The number of allylic oxidation sites excluding steroid dienone is 1. The highest BCUT2D eigenvalue weighted by atomic mass is 19.4. The zero-order chi connectivity index (χ0) is 32.8. The molecule has 44 heavy (non-hydrogen) atoms. The molecule has 0 aliphatic carbocycles. The lowest BCUT2D eigenvalue weighted by Gasteiger charge is -2.37. The SMILES string of the molecule is COC(=O)C1=C(C)N(c2cccc(C(F)(F)F)c2)c2n[nH]c(=O)n2[C@@H]1c1ccc(C#N)cc1C[N+](C)(C)CCCO.O=C[O-]. The van der Waals surface area contributed by atoms with Crippen molar-refractivity contribution in [3.63, 3.8) is 0 Å². The molecule has 4 rings (SSSR count). The van der Waals surface area contributed by atoms with Crippen LogP contribution in [0.2, 0.25) is 0 Å². The van der Waals surface area contributed by atoms with Gasteiger partial charge in [-0.15, -0.1) is 5.10 Å². The van der Waals surface area contributed by atoms with Gasteiger partial charge in [0.25, 0.3) is 0 Å². The number of carboxylic acid groups (broad SMARTS) is 1. The molecule has 0 bridgehead atoms. The van der Waals surface area contributed by atoms with Crippen LogP contribution in [0.4, 0.5) is 24.8 Å². The Morgan fingerprint density at radius 3 is 2.55 bits per heavy atom. The minimum absolute atomic E-state index is 0.00294. The van der Waals surface area contributed by atoms with Gasteiger partial charge in [0.05, 0.1) is 50.5 Å². The molecule has 12 nitrogen and oxygen atoms in total. The van der Waals surface area contributed by atoms with E-state index in [1.807, 2.05) is 14.1 Å². The molecule has 0 saturated carbocycles. The van der Waals surface area contributed by atoms with Crippen LogP contribution in [-0.4, -0.2) is 71.2 Å². The third-order valence-electron chi connectivity index (χ3n) is 7.07. The highest BCUT2D eigenvalue weighted by Crippen LogP contribution is 2.43. The van der Waals surface area contributed by atoms with Crippen LogP contribution in [-0.2, 0) is 27.0 Å². The Hall–Kier alpha value is -4.94. The summed E-state index contributed by atoms with van der Waals surface area (Å²) in [6.45, 7) is 2.04. The Labute approximate surface area is 250 Å². The molecule has 0 unspecified atom stereocenters. The van der Waals surface area contributed by atoms with Crippen LogP contribution in [0.25, 0.3) is 0 Å². The number of carbonyl (C=O) groups excluding carboxylic acids is 2. The van der Waals surface area contributed by atoms with Crippen molar-refractivity contribution in [1.29, 1.82) is 5.26 Å². The third-order valence-corrected chi connectivity index (χ3v) is 7.07. The topological polar surface area (TPSA) is 164 Å². The summed E-state index contributed by atoms with van der Waals surface area (Å²) in [4.78, 5) is 36.2. The number of aliphatic hydroxyl groups excluding tert-OH is 1. The number of methoxy groups -OCH3 is 1. The van der Waals surface area contributed by atoms with Crippen molar-refractivity contribution in [2.45, 2.75) is 32.1 Å². The molecule has 0 spiro atoms. The Bertz CT molecular complexity index is 1650. The fourth-order valence-corrected chi connectivity index (χ4v) is 5.20. The van der Waals surface area contributed by atoms with E-state index in [0.29, 0.717) is 40.7 Å². The first-order valence-corrected chi connectivity index (χ1v) is 13.2. The molecule has 1 atom stereocenters. The number of esters is 1. The van der Waals surface area contributed by atoms with Crippen molar-refractivity contribution in [3.05, 3.63) is 86.5 Å². The molecular weight excluding hydrogens is 585 g/mol. The van der Waals surface area contributed by atoms with Crippen LogP contribution < -0.4 is 15.7 Å². The van der Waals surface area contributed by atoms with Gasteiger partial charge in [0.2, 0.25) is 5.95 Å². The predicted octanol–water partition coefficient (Wildman–Crippen LogP) is 1.97. The van der Waals surface area contributed by atoms with Gasteiger partial charge in [-0.2, -0.15) is 18.4 Å². The number of alkyl halides is 3. The van der Waals surface area contributed by atoms with Gasteiger partial charge in [0.15, 0.2) is 0 Å². The van der Waals surface area contributed by atoms with Crippen LogP contribution in [0.15, 0.2) is 58.5 Å². The van der Waals surface area contributed by atoms with Crippen LogP contribution >= 0.6 is 0 Å². The van der Waals surface area contributed by atoms with Crippen molar-refractivity contribution in [3.8, 4) is 6.07 Å². The summed E-state index contributed by atoms with van der Waals surface area (Å²) in [5.41, 5.74) is 0.229. The second-order valence-corrected chi connectivity index (χ2v) is 10.5. The molecule has 1 aliphatic rings. The standard InChI is InChI=1S/C28H29F3N6O4.CH2O2/c1-17-23(25(39)41-4)24(22-10-9-18(15-32)13-19(22)16-37(2,3)11-6-12-38)36-26(33-34-27(36)40)35(17)21-8-5-7-20(14-21)28(29,30)31;2-1-3/h5,7-10,13-14,24,38H,6,11-12,16H2,1-4H3;1H,(H,2,3)/t24-;/m1./s1. The van der Waals surface area contributed by atoms with E-state index in [1.54, 1.807) is 25.1 Å². The normalized spacial score (nSPS) is 14.7. The Balaban J connectivity index is 0.00000169. The Morgan fingerprint density at radius 1 is 1.27 bits per heavy atom. The number of nitrogens with one attached hydrogen (secondary N) is 1. The van der Waals surface area contributed by atoms with Gasteiger partial charge < -0.3 is 24.2 Å². The van der Waals surface area contributed by atoms with E-state index in [4.69, 9.17) is 14.6 Å². The number of hydrogen-bond acceptors (Lipinski definition) is 9. The molecular formula is C29H31F3N6O6. The molecule has 1 aliphatic heterocycles. The molecule has 0 amide bonds. The summed E-state index contributed by atoms with van der Waals surface area (Å²) in [7, 11) is 5.08.